The highest BCUT2D eigenvalue weighted by atomic mass is 16.5. The lowest BCUT2D eigenvalue weighted by Gasteiger charge is -2.20. The Labute approximate surface area is 111 Å². The fourth-order valence-corrected chi connectivity index (χ4v) is 2.82. The van der Waals surface area contributed by atoms with Crippen LogP contribution in [0.5, 0.6) is 5.75 Å². The maximum Gasteiger partial charge on any atom is 0.240 e. The van der Waals surface area contributed by atoms with E-state index in [2.05, 4.69) is 10.1 Å². The van der Waals surface area contributed by atoms with Crippen molar-refractivity contribution in [1.82, 2.24) is 10.1 Å². The van der Waals surface area contributed by atoms with E-state index in [1.165, 1.54) is 24.0 Å². The van der Waals surface area contributed by atoms with Crippen LogP contribution in [0.4, 0.5) is 0 Å². The molecule has 0 amide bonds. The first-order valence-electron chi connectivity index (χ1n) is 6.58. The fraction of sp³-hybridized carbons (Fsp3) is 0.429. The molecule has 0 unspecified atom stereocenters. The van der Waals surface area contributed by atoms with E-state index in [1.807, 2.05) is 13.0 Å². The predicted octanol–water partition coefficient (Wildman–Crippen LogP) is 2.09. The average Bonchev–Trinajstić information content (AvgIpc) is 2.87. The van der Waals surface area contributed by atoms with Crippen LogP contribution < -0.4 is 5.73 Å². The van der Waals surface area contributed by atoms with Crippen molar-refractivity contribution in [3.05, 3.63) is 28.6 Å². The van der Waals surface area contributed by atoms with E-state index in [9.17, 15) is 5.11 Å². The van der Waals surface area contributed by atoms with Gasteiger partial charge >= 0.3 is 0 Å². The number of hydrogen-bond acceptors (Lipinski definition) is 5. The van der Waals surface area contributed by atoms with E-state index in [-0.39, 0.29) is 12.3 Å². The van der Waals surface area contributed by atoms with Crippen molar-refractivity contribution >= 4 is 0 Å². The number of fused-ring (bicyclic) bond motifs is 1. The topological polar surface area (TPSA) is 85.2 Å². The van der Waals surface area contributed by atoms with Crippen LogP contribution in [0.2, 0.25) is 0 Å². The van der Waals surface area contributed by atoms with E-state index in [0.717, 1.165) is 18.4 Å². The molecule has 0 aliphatic heterocycles. The van der Waals surface area contributed by atoms with Gasteiger partial charge in [0.15, 0.2) is 0 Å². The van der Waals surface area contributed by atoms with Gasteiger partial charge in [-0.2, -0.15) is 4.98 Å². The lowest BCUT2D eigenvalue weighted by Crippen LogP contribution is -2.06. The second-order valence-electron chi connectivity index (χ2n) is 4.96. The summed E-state index contributed by atoms with van der Waals surface area (Å²) in [6.07, 6.45) is 4.46. The lowest BCUT2D eigenvalue weighted by molar-refractivity contribution is 0.380. The normalized spacial score (nSPS) is 14.4. The molecule has 1 aliphatic carbocycles. The van der Waals surface area contributed by atoms with Gasteiger partial charge in [0, 0.05) is 0 Å². The zero-order valence-electron chi connectivity index (χ0n) is 10.9. The summed E-state index contributed by atoms with van der Waals surface area (Å²) >= 11 is 0. The van der Waals surface area contributed by atoms with Gasteiger partial charge in [0.1, 0.15) is 5.75 Å². The molecule has 3 rings (SSSR count). The fourth-order valence-electron chi connectivity index (χ4n) is 2.82. The molecule has 5 nitrogen and oxygen atoms in total. The molecule has 0 radical (unpaired) electrons. The predicted molar refractivity (Wildman–Crippen MR) is 70.7 cm³/mol. The Hall–Kier alpha value is -1.88. The van der Waals surface area contributed by atoms with Crippen LogP contribution in [-0.2, 0) is 19.4 Å². The first kappa shape index (κ1) is 12.2. The molecule has 0 fully saturated rings. The van der Waals surface area contributed by atoms with Gasteiger partial charge in [0.2, 0.25) is 11.7 Å². The van der Waals surface area contributed by atoms with Crippen LogP contribution in [-0.4, -0.2) is 15.2 Å². The third kappa shape index (κ3) is 2.00. The van der Waals surface area contributed by atoms with Crippen molar-refractivity contribution in [2.75, 3.05) is 0 Å². The molecular weight excluding hydrogens is 242 g/mol. The summed E-state index contributed by atoms with van der Waals surface area (Å²) in [5.74, 6) is 1.03. The number of phenols is 1. The van der Waals surface area contributed by atoms with Crippen LogP contribution >= 0.6 is 0 Å². The summed E-state index contributed by atoms with van der Waals surface area (Å²) in [5, 5.41) is 14.1. The number of nitrogens with two attached hydrogens (primary N) is 1. The Kier molecular flexibility index (Phi) is 2.98. The molecule has 1 heterocycles. The number of hydrogen-bond donors (Lipinski definition) is 2. The number of aromatic nitrogens is 2. The Balaban J connectivity index is 2.15. The van der Waals surface area contributed by atoms with Crippen LogP contribution in [0.3, 0.4) is 0 Å². The summed E-state index contributed by atoms with van der Waals surface area (Å²) in [5.41, 5.74) is 9.76. The zero-order valence-corrected chi connectivity index (χ0v) is 10.9. The Bertz CT molecular complexity index is 619. The second kappa shape index (κ2) is 4.66. The smallest absolute Gasteiger partial charge is 0.240 e. The molecule has 0 saturated carbocycles. The molecule has 0 atom stereocenters. The van der Waals surface area contributed by atoms with Gasteiger partial charge in [-0.05, 0) is 55.4 Å². The summed E-state index contributed by atoms with van der Waals surface area (Å²) in [6, 6.07) is 1.84. The molecule has 3 N–H and O–H groups in total. The first-order chi connectivity index (χ1) is 9.20. The van der Waals surface area contributed by atoms with E-state index in [1.54, 1.807) is 0 Å². The molecule has 1 aromatic heterocycles. The molecular formula is C14H17N3O2. The monoisotopic (exact) mass is 259 g/mol. The van der Waals surface area contributed by atoms with Crippen LogP contribution in [0.1, 0.15) is 35.4 Å². The van der Waals surface area contributed by atoms with E-state index in [0.29, 0.717) is 17.3 Å². The number of aromatic hydroxyl groups is 1. The third-order valence-electron chi connectivity index (χ3n) is 3.77. The molecule has 2 aromatic rings. The first-order valence-corrected chi connectivity index (χ1v) is 6.58. The Morgan fingerprint density at radius 1 is 1.37 bits per heavy atom. The molecule has 1 aromatic carbocycles. The molecule has 19 heavy (non-hydrogen) atoms. The van der Waals surface area contributed by atoms with Crippen LogP contribution in [0.25, 0.3) is 11.4 Å². The summed E-state index contributed by atoms with van der Waals surface area (Å²) in [6.45, 7) is 2.22. The van der Waals surface area contributed by atoms with Crippen molar-refractivity contribution in [2.45, 2.75) is 39.2 Å². The molecule has 0 bridgehead atoms. The molecule has 100 valence electrons. The average molecular weight is 259 g/mol. The number of nitrogens with zero attached hydrogens (tertiary/aromatic N) is 2. The molecule has 1 aliphatic rings. The SMILES string of the molecule is Cc1c2c(cc(O)c1-c1noc(CN)n1)CCCC2. The molecule has 0 saturated heterocycles. The maximum atomic E-state index is 10.2. The van der Waals surface area contributed by atoms with Gasteiger partial charge in [-0.25, -0.2) is 0 Å². The number of benzene rings is 1. The minimum atomic E-state index is 0.206. The van der Waals surface area contributed by atoms with Crippen LogP contribution in [0, 0.1) is 6.92 Å². The van der Waals surface area contributed by atoms with Crippen molar-refractivity contribution in [1.29, 1.82) is 0 Å². The van der Waals surface area contributed by atoms with Crippen molar-refractivity contribution in [3.8, 4) is 17.1 Å². The zero-order chi connectivity index (χ0) is 13.4. The number of aryl methyl sites for hydroxylation is 1. The van der Waals surface area contributed by atoms with E-state index in [4.69, 9.17) is 10.3 Å². The van der Waals surface area contributed by atoms with Crippen LogP contribution in [0.15, 0.2) is 10.6 Å². The van der Waals surface area contributed by atoms with Gasteiger partial charge < -0.3 is 15.4 Å². The quantitative estimate of drug-likeness (QED) is 0.862. The number of phenolic OH excluding ortho intramolecular Hbond substituents is 1. The molecule has 5 heteroatoms. The summed E-state index contributed by atoms with van der Waals surface area (Å²) in [4.78, 5) is 4.21. The minimum absolute atomic E-state index is 0.206. The van der Waals surface area contributed by atoms with E-state index < -0.39 is 0 Å². The minimum Gasteiger partial charge on any atom is -0.507 e. The molecule has 0 spiro atoms. The van der Waals surface area contributed by atoms with Gasteiger partial charge in [0.25, 0.3) is 0 Å². The standard InChI is InChI=1S/C14H17N3O2/c1-8-10-5-3-2-4-9(10)6-11(18)13(8)14-16-12(7-15)19-17-14/h6,18H,2-5,7,15H2,1H3. The third-order valence-corrected chi connectivity index (χ3v) is 3.77. The number of rotatable bonds is 2. The van der Waals surface area contributed by atoms with Gasteiger partial charge in [-0.3, -0.25) is 0 Å². The highest BCUT2D eigenvalue weighted by Gasteiger charge is 2.21. The Morgan fingerprint density at radius 2 is 2.16 bits per heavy atom. The van der Waals surface area contributed by atoms with E-state index >= 15 is 0 Å². The highest BCUT2D eigenvalue weighted by molar-refractivity contribution is 5.70. The van der Waals surface area contributed by atoms with Crippen molar-refractivity contribution in [3.63, 3.8) is 0 Å². The van der Waals surface area contributed by atoms with Crippen molar-refractivity contribution in [2.24, 2.45) is 5.73 Å². The highest BCUT2D eigenvalue weighted by Crippen LogP contribution is 2.37. The largest absolute Gasteiger partial charge is 0.507 e. The maximum absolute atomic E-state index is 10.2. The summed E-state index contributed by atoms with van der Waals surface area (Å²) < 4.78 is 5.03. The summed E-state index contributed by atoms with van der Waals surface area (Å²) in [7, 11) is 0. The van der Waals surface area contributed by atoms with Crippen molar-refractivity contribution < 1.29 is 9.63 Å². The Morgan fingerprint density at radius 3 is 2.89 bits per heavy atom. The van der Waals surface area contributed by atoms with Gasteiger partial charge in [-0.15, -0.1) is 0 Å². The van der Waals surface area contributed by atoms with Gasteiger partial charge in [0.05, 0.1) is 12.1 Å². The lowest BCUT2D eigenvalue weighted by atomic mass is 9.86. The second-order valence-corrected chi connectivity index (χ2v) is 4.96. The van der Waals surface area contributed by atoms with Gasteiger partial charge in [-0.1, -0.05) is 5.16 Å².